The fourth-order valence-corrected chi connectivity index (χ4v) is 3.95. The Morgan fingerprint density at radius 2 is 1.22 bits per heavy atom. The molecule has 0 radical (unpaired) electrons. The zero-order chi connectivity index (χ0) is 12.8. The van der Waals surface area contributed by atoms with Gasteiger partial charge in [0.1, 0.15) is 0 Å². The fourth-order valence-electron chi connectivity index (χ4n) is 3.95. The van der Waals surface area contributed by atoms with E-state index in [4.69, 9.17) is 0 Å². The summed E-state index contributed by atoms with van der Waals surface area (Å²) in [6.07, 6.45) is 15.0. The Bertz CT molecular complexity index is 230. The molecule has 2 nitrogen and oxygen atoms in total. The molecular weight excluding hydrogens is 224 g/mol. The molecule has 0 aromatic rings. The molecule has 1 N–H and O–H groups in total. The van der Waals surface area contributed by atoms with Crippen LogP contribution in [0.4, 0.5) is 0 Å². The smallest absolute Gasteiger partial charge is 0.306 e. The summed E-state index contributed by atoms with van der Waals surface area (Å²) < 4.78 is 0. The summed E-state index contributed by atoms with van der Waals surface area (Å²) in [5.41, 5.74) is 0. The molecule has 0 aromatic carbocycles. The maximum atomic E-state index is 11.4. The number of rotatable bonds is 5. The van der Waals surface area contributed by atoms with Crippen molar-refractivity contribution in [3.8, 4) is 0 Å². The van der Waals surface area contributed by atoms with E-state index in [0.717, 1.165) is 12.8 Å². The summed E-state index contributed by atoms with van der Waals surface area (Å²) >= 11 is 0. The van der Waals surface area contributed by atoms with Crippen LogP contribution in [0.25, 0.3) is 0 Å². The Balaban J connectivity index is 1.80. The van der Waals surface area contributed by atoms with Gasteiger partial charge in [-0.25, -0.2) is 0 Å². The number of carboxylic acids is 1. The first-order valence-corrected chi connectivity index (χ1v) is 7.98. The van der Waals surface area contributed by atoms with Crippen LogP contribution in [0.1, 0.15) is 77.0 Å². The normalized spacial score (nSPS) is 23.4. The van der Waals surface area contributed by atoms with Crippen LogP contribution in [0.5, 0.6) is 0 Å². The quantitative estimate of drug-likeness (QED) is 0.774. The van der Waals surface area contributed by atoms with Crippen LogP contribution in [-0.2, 0) is 4.79 Å². The lowest BCUT2D eigenvalue weighted by molar-refractivity contribution is -0.143. The molecule has 2 heteroatoms. The molecule has 0 saturated heterocycles. The van der Waals surface area contributed by atoms with Crippen molar-refractivity contribution in [2.45, 2.75) is 77.0 Å². The lowest BCUT2D eigenvalue weighted by Gasteiger charge is -2.28. The topological polar surface area (TPSA) is 37.3 Å². The molecular formula is C16H28O2. The minimum Gasteiger partial charge on any atom is -0.481 e. The van der Waals surface area contributed by atoms with E-state index in [2.05, 4.69) is 0 Å². The summed E-state index contributed by atoms with van der Waals surface area (Å²) in [6, 6.07) is 0. The Kier molecular flexibility index (Phi) is 5.52. The highest BCUT2D eigenvalue weighted by molar-refractivity contribution is 5.69. The van der Waals surface area contributed by atoms with E-state index >= 15 is 0 Å². The molecule has 0 aliphatic heterocycles. The maximum Gasteiger partial charge on any atom is 0.306 e. The SMILES string of the molecule is O=C(O)C(CC1CCCCC1)CC1CCCCC1. The minimum absolute atomic E-state index is 0.0591. The van der Waals surface area contributed by atoms with Gasteiger partial charge in [-0.15, -0.1) is 0 Å². The van der Waals surface area contributed by atoms with Crippen molar-refractivity contribution in [2.24, 2.45) is 17.8 Å². The van der Waals surface area contributed by atoms with Gasteiger partial charge in [0.05, 0.1) is 5.92 Å². The number of carboxylic acid groups (broad SMARTS) is 1. The molecule has 2 rings (SSSR count). The van der Waals surface area contributed by atoms with Gasteiger partial charge in [-0.3, -0.25) is 4.79 Å². The van der Waals surface area contributed by atoms with Gasteiger partial charge in [-0.2, -0.15) is 0 Å². The van der Waals surface area contributed by atoms with E-state index in [0.29, 0.717) is 11.8 Å². The van der Waals surface area contributed by atoms with Crippen molar-refractivity contribution in [1.29, 1.82) is 0 Å². The van der Waals surface area contributed by atoms with Crippen LogP contribution in [0.2, 0.25) is 0 Å². The Hall–Kier alpha value is -0.530. The molecule has 18 heavy (non-hydrogen) atoms. The van der Waals surface area contributed by atoms with Gasteiger partial charge in [0.2, 0.25) is 0 Å². The van der Waals surface area contributed by atoms with Gasteiger partial charge < -0.3 is 5.11 Å². The van der Waals surface area contributed by atoms with Crippen LogP contribution in [0.15, 0.2) is 0 Å². The third-order valence-corrected chi connectivity index (χ3v) is 5.03. The molecule has 2 saturated carbocycles. The number of hydrogen-bond donors (Lipinski definition) is 1. The molecule has 2 aliphatic rings. The van der Waals surface area contributed by atoms with Crippen LogP contribution in [0.3, 0.4) is 0 Å². The van der Waals surface area contributed by atoms with Crippen molar-refractivity contribution < 1.29 is 9.90 Å². The van der Waals surface area contributed by atoms with E-state index in [-0.39, 0.29) is 5.92 Å². The van der Waals surface area contributed by atoms with Crippen LogP contribution < -0.4 is 0 Å². The molecule has 0 unspecified atom stereocenters. The average molecular weight is 252 g/mol. The zero-order valence-electron chi connectivity index (χ0n) is 11.6. The third-order valence-electron chi connectivity index (χ3n) is 5.03. The average Bonchev–Trinajstić information content (AvgIpc) is 2.40. The molecule has 0 bridgehead atoms. The van der Waals surface area contributed by atoms with Gasteiger partial charge in [-0.1, -0.05) is 64.2 Å². The van der Waals surface area contributed by atoms with E-state index in [1.807, 2.05) is 0 Å². The van der Waals surface area contributed by atoms with Crippen LogP contribution in [-0.4, -0.2) is 11.1 Å². The highest BCUT2D eigenvalue weighted by Gasteiger charge is 2.27. The molecule has 104 valence electrons. The highest BCUT2D eigenvalue weighted by Crippen LogP contribution is 2.35. The van der Waals surface area contributed by atoms with Gasteiger partial charge in [0, 0.05) is 0 Å². The second-order valence-corrected chi connectivity index (χ2v) is 6.51. The Morgan fingerprint density at radius 3 is 1.56 bits per heavy atom. The van der Waals surface area contributed by atoms with Crippen molar-refractivity contribution in [3.63, 3.8) is 0 Å². The van der Waals surface area contributed by atoms with Crippen LogP contribution in [0, 0.1) is 17.8 Å². The highest BCUT2D eigenvalue weighted by atomic mass is 16.4. The molecule has 2 aliphatic carbocycles. The first-order chi connectivity index (χ1) is 8.75. The standard InChI is InChI=1S/C16H28O2/c17-16(18)15(11-13-7-3-1-4-8-13)12-14-9-5-2-6-10-14/h13-15H,1-12H2,(H,17,18). The van der Waals surface area contributed by atoms with Crippen molar-refractivity contribution >= 4 is 5.97 Å². The summed E-state index contributed by atoms with van der Waals surface area (Å²) in [5, 5.41) is 9.43. The molecule has 0 atom stereocenters. The molecule has 0 heterocycles. The summed E-state index contributed by atoms with van der Waals surface area (Å²) in [7, 11) is 0. The summed E-state index contributed by atoms with van der Waals surface area (Å²) in [5.74, 6) is 0.800. The number of aliphatic carboxylic acids is 1. The minimum atomic E-state index is -0.536. The molecule has 0 amide bonds. The van der Waals surface area contributed by atoms with E-state index in [1.54, 1.807) is 0 Å². The second kappa shape index (κ2) is 7.16. The summed E-state index contributed by atoms with van der Waals surface area (Å²) in [6.45, 7) is 0. The Morgan fingerprint density at radius 1 is 0.833 bits per heavy atom. The predicted octanol–water partition coefficient (Wildman–Crippen LogP) is 4.63. The number of carbonyl (C=O) groups is 1. The molecule has 0 spiro atoms. The van der Waals surface area contributed by atoms with Gasteiger partial charge in [0.15, 0.2) is 0 Å². The fraction of sp³-hybridized carbons (Fsp3) is 0.938. The van der Waals surface area contributed by atoms with E-state index < -0.39 is 5.97 Å². The lowest BCUT2D eigenvalue weighted by Crippen LogP contribution is -2.23. The molecule has 0 aromatic heterocycles. The second-order valence-electron chi connectivity index (χ2n) is 6.51. The summed E-state index contributed by atoms with van der Waals surface area (Å²) in [4.78, 5) is 11.4. The Labute approximate surface area is 111 Å². The third kappa shape index (κ3) is 4.29. The largest absolute Gasteiger partial charge is 0.481 e. The molecule has 2 fully saturated rings. The van der Waals surface area contributed by atoms with Crippen LogP contribution >= 0.6 is 0 Å². The first-order valence-electron chi connectivity index (χ1n) is 7.98. The first kappa shape index (κ1) is 13.9. The monoisotopic (exact) mass is 252 g/mol. The van der Waals surface area contributed by atoms with Gasteiger partial charge in [0.25, 0.3) is 0 Å². The van der Waals surface area contributed by atoms with Crippen molar-refractivity contribution in [3.05, 3.63) is 0 Å². The van der Waals surface area contributed by atoms with Crippen molar-refractivity contribution in [2.75, 3.05) is 0 Å². The maximum absolute atomic E-state index is 11.4. The van der Waals surface area contributed by atoms with Gasteiger partial charge >= 0.3 is 5.97 Å². The van der Waals surface area contributed by atoms with E-state index in [9.17, 15) is 9.90 Å². The number of hydrogen-bond acceptors (Lipinski definition) is 1. The van der Waals surface area contributed by atoms with Gasteiger partial charge in [-0.05, 0) is 24.7 Å². The predicted molar refractivity (Wildman–Crippen MR) is 73.5 cm³/mol. The van der Waals surface area contributed by atoms with Crippen molar-refractivity contribution in [1.82, 2.24) is 0 Å². The lowest BCUT2D eigenvalue weighted by atomic mass is 9.77. The zero-order valence-corrected chi connectivity index (χ0v) is 11.6. The van der Waals surface area contributed by atoms with E-state index in [1.165, 1.54) is 64.2 Å².